The highest BCUT2D eigenvalue weighted by Gasteiger charge is 2.24. The van der Waals surface area contributed by atoms with Gasteiger partial charge < -0.3 is 9.64 Å². The molecule has 1 aliphatic heterocycles. The van der Waals surface area contributed by atoms with Crippen LogP contribution in [0.5, 0.6) is 0 Å². The van der Waals surface area contributed by atoms with Crippen molar-refractivity contribution in [1.82, 2.24) is 14.3 Å². The van der Waals surface area contributed by atoms with E-state index in [1.807, 2.05) is 22.4 Å². The number of ether oxygens (including phenoxy) is 1. The minimum absolute atomic E-state index is 0.0367. The predicted molar refractivity (Wildman–Crippen MR) is 89.9 cm³/mol. The molecule has 0 unspecified atom stereocenters. The van der Waals surface area contributed by atoms with E-state index in [1.54, 1.807) is 12.1 Å². The lowest BCUT2D eigenvalue weighted by Crippen LogP contribution is -2.40. The van der Waals surface area contributed by atoms with Gasteiger partial charge in [-0.25, -0.2) is 9.37 Å². The number of hydrogen-bond donors (Lipinski definition) is 0. The highest BCUT2D eigenvalue weighted by atomic mass is 32.1. The smallest absolute Gasteiger partial charge is 0.266 e. The molecule has 2 aromatic heterocycles. The van der Waals surface area contributed by atoms with E-state index in [-0.39, 0.29) is 11.7 Å². The molecular weight excluding hydrogens is 329 g/mol. The second-order valence-corrected chi connectivity index (χ2v) is 6.68. The number of morpholine rings is 1. The quantitative estimate of drug-likeness (QED) is 0.717. The first-order valence-corrected chi connectivity index (χ1v) is 8.56. The van der Waals surface area contributed by atoms with Crippen LogP contribution >= 0.6 is 11.3 Å². The average Bonchev–Trinajstić information content (AvgIpc) is 3.15. The standard InChI is InChI=1S/C17H16FN3O2S/c1-11-15(16(22)20-6-8-23-9-7-20)24-17-19-14(10-21(11)17)12-2-4-13(18)5-3-12/h2-5,10H,6-9H2,1H3. The lowest BCUT2D eigenvalue weighted by molar-refractivity contribution is 0.0305. The van der Waals surface area contributed by atoms with Gasteiger partial charge in [-0.05, 0) is 31.2 Å². The SMILES string of the molecule is Cc1c(C(=O)N2CCOCC2)sc2nc(-c3ccc(F)cc3)cn12. The Bertz CT molecular complexity index is 895. The van der Waals surface area contributed by atoms with Gasteiger partial charge in [-0.2, -0.15) is 0 Å². The zero-order chi connectivity index (χ0) is 16.7. The molecule has 7 heteroatoms. The van der Waals surface area contributed by atoms with Gasteiger partial charge >= 0.3 is 0 Å². The normalized spacial score (nSPS) is 15.2. The van der Waals surface area contributed by atoms with E-state index in [0.717, 1.165) is 21.9 Å². The summed E-state index contributed by atoms with van der Waals surface area (Å²) in [4.78, 5) is 20.6. The number of hydrogen-bond acceptors (Lipinski definition) is 4. The Morgan fingerprint density at radius 2 is 1.96 bits per heavy atom. The van der Waals surface area contributed by atoms with Crippen LogP contribution in [0.3, 0.4) is 0 Å². The van der Waals surface area contributed by atoms with E-state index in [4.69, 9.17) is 4.74 Å². The van der Waals surface area contributed by atoms with E-state index in [2.05, 4.69) is 4.98 Å². The number of carbonyl (C=O) groups is 1. The first kappa shape index (κ1) is 15.3. The summed E-state index contributed by atoms with van der Waals surface area (Å²) in [6, 6.07) is 6.25. The van der Waals surface area contributed by atoms with Gasteiger partial charge in [-0.3, -0.25) is 9.20 Å². The maximum Gasteiger partial charge on any atom is 0.266 e. The van der Waals surface area contributed by atoms with E-state index >= 15 is 0 Å². The predicted octanol–water partition coefficient (Wildman–Crippen LogP) is 2.98. The monoisotopic (exact) mass is 345 g/mol. The summed E-state index contributed by atoms with van der Waals surface area (Å²) < 4.78 is 20.3. The highest BCUT2D eigenvalue weighted by molar-refractivity contribution is 7.19. The Balaban J connectivity index is 1.67. The van der Waals surface area contributed by atoms with Crippen LogP contribution in [0.4, 0.5) is 4.39 Å². The molecule has 0 radical (unpaired) electrons. The number of rotatable bonds is 2. The molecule has 0 bridgehead atoms. The fourth-order valence-electron chi connectivity index (χ4n) is 2.82. The van der Waals surface area contributed by atoms with Crippen LogP contribution in [-0.4, -0.2) is 46.5 Å². The molecular formula is C17H16FN3O2S. The van der Waals surface area contributed by atoms with Crippen molar-refractivity contribution < 1.29 is 13.9 Å². The van der Waals surface area contributed by atoms with Gasteiger partial charge in [0.2, 0.25) is 0 Å². The summed E-state index contributed by atoms with van der Waals surface area (Å²) in [5.74, 6) is -0.232. The third kappa shape index (κ3) is 2.59. The van der Waals surface area contributed by atoms with Gasteiger partial charge in [0.05, 0.1) is 18.9 Å². The van der Waals surface area contributed by atoms with Crippen molar-refractivity contribution in [3.8, 4) is 11.3 Å². The highest BCUT2D eigenvalue weighted by Crippen LogP contribution is 2.28. The van der Waals surface area contributed by atoms with Gasteiger partial charge in [-0.1, -0.05) is 11.3 Å². The van der Waals surface area contributed by atoms with E-state index < -0.39 is 0 Å². The number of aromatic nitrogens is 2. The first-order chi connectivity index (χ1) is 11.6. The Morgan fingerprint density at radius 1 is 1.25 bits per heavy atom. The second kappa shape index (κ2) is 5.99. The zero-order valence-corrected chi connectivity index (χ0v) is 14.0. The minimum Gasteiger partial charge on any atom is -0.378 e. The number of carbonyl (C=O) groups excluding carboxylic acids is 1. The van der Waals surface area contributed by atoms with Gasteiger partial charge in [-0.15, -0.1) is 0 Å². The lowest BCUT2D eigenvalue weighted by atomic mass is 10.2. The van der Waals surface area contributed by atoms with Gasteiger partial charge in [0.15, 0.2) is 4.96 Å². The molecule has 0 N–H and O–H groups in total. The fraction of sp³-hybridized carbons (Fsp3) is 0.294. The van der Waals surface area contributed by atoms with Crippen molar-refractivity contribution in [1.29, 1.82) is 0 Å². The molecule has 0 saturated carbocycles. The summed E-state index contributed by atoms with van der Waals surface area (Å²) >= 11 is 1.39. The topological polar surface area (TPSA) is 46.8 Å². The molecule has 1 aliphatic rings. The molecule has 24 heavy (non-hydrogen) atoms. The lowest BCUT2D eigenvalue weighted by Gasteiger charge is -2.26. The molecule has 1 fully saturated rings. The number of fused-ring (bicyclic) bond motifs is 1. The van der Waals surface area contributed by atoms with Gasteiger partial charge in [0, 0.05) is 30.5 Å². The number of halogens is 1. The number of benzene rings is 1. The van der Waals surface area contributed by atoms with E-state index in [1.165, 1.54) is 23.5 Å². The summed E-state index contributed by atoms with van der Waals surface area (Å²) in [5.41, 5.74) is 2.51. The molecule has 0 atom stereocenters. The summed E-state index contributed by atoms with van der Waals surface area (Å²) in [6.45, 7) is 4.34. The third-order valence-corrected chi connectivity index (χ3v) is 5.33. The van der Waals surface area contributed by atoms with E-state index in [9.17, 15) is 9.18 Å². The molecule has 5 nitrogen and oxygen atoms in total. The largest absolute Gasteiger partial charge is 0.378 e. The van der Waals surface area contributed by atoms with Crippen molar-refractivity contribution in [2.45, 2.75) is 6.92 Å². The van der Waals surface area contributed by atoms with Crippen molar-refractivity contribution in [2.75, 3.05) is 26.3 Å². The average molecular weight is 345 g/mol. The molecule has 124 valence electrons. The Hall–Kier alpha value is -2.25. The zero-order valence-electron chi connectivity index (χ0n) is 13.2. The van der Waals surface area contributed by atoms with Crippen molar-refractivity contribution in [3.63, 3.8) is 0 Å². The van der Waals surface area contributed by atoms with Crippen molar-refractivity contribution >= 4 is 22.2 Å². The molecule has 3 heterocycles. The number of nitrogens with zero attached hydrogens (tertiary/aromatic N) is 3. The summed E-state index contributed by atoms with van der Waals surface area (Å²) in [6.07, 6.45) is 1.89. The van der Waals surface area contributed by atoms with Crippen LogP contribution in [0.1, 0.15) is 15.4 Å². The first-order valence-electron chi connectivity index (χ1n) is 7.75. The third-order valence-electron chi connectivity index (χ3n) is 4.19. The fourth-order valence-corrected chi connectivity index (χ4v) is 3.90. The molecule has 1 amide bonds. The van der Waals surface area contributed by atoms with Crippen LogP contribution in [0.25, 0.3) is 16.2 Å². The van der Waals surface area contributed by atoms with Crippen LogP contribution in [0.2, 0.25) is 0 Å². The van der Waals surface area contributed by atoms with Crippen molar-refractivity contribution in [3.05, 3.63) is 46.9 Å². The second-order valence-electron chi connectivity index (χ2n) is 5.71. The Labute approximate surface area is 142 Å². The van der Waals surface area contributed by atoms with Crippen LogP contribution in [0, 0.1) is 12.7 Å². The maximum atomic E-state index is 13.1. The number of aryl methyl sites for hydroxylation is 1. The molecule has 1 saturated heterocycles. The number of thiazole rings is 1. The van der Waals surface area contributed by atoms with Crippen molar-refractivity contribution in [2.24, 2.45) is 0 Å². The van der Waals surface area contributed by atoms with Crippen LogP contribution in [-0.2, 0) is 4.74 Å². The van der Waals surface area contributed by atoms with Crippen LogP contribution in [0.15, 0.2) is 30.5 Å². The minimum atomic E-state index is -0.269. The molecule has 1 aromatic carbocycles. The number of amides is 1. The maximum absolute atomic E-state index is 13.1. The molecule has 3 aromatic rings. The van der Waals surface area contributed by atoms with E-state index in [0.29, 0.717) is 31.2 Å². The molecule has 0 spiro atoms. The molecule has 0 aliphatic carbocycles. The van der Waals surface area contributed by atoms with Crippen LogP contribution < -0.4 is 0 Å². The number of imidazole rings is 1. The van der Waals surface area contributed by atoms with Gasteiger partial charge in [0.1, 0.15) is 10.7 Å². The Morgan fingerprint density at radius 3 is 2.62 bits per heavy atom. The van der Waals surface area contributed by atoms with Gasteiger partial charge in [0.25, 0.3) is 5.91 Å². The Kier molecular flexibility index (Phi) is 3.82. The molecule has 4 rings (SSSR count). The summed E-state index contributed by atoms with van der Waals surface area (Å²) in [5, 5.41) is 0. The summed E-state index contributed by atoms with van der Waals surface area (Å²) in [7, 11) is 0.